The Hall–Kier alpha value is -1.09. The molecule has 1 heterocycles. The predicted octanol–water partition coefficient (Wildman–Crippen LogP) is 3.05. The number of amides is 1. The van der Waals surface area contributed by atoms with E-state index < -0.39 is 0 Å². The lowest BCUT2D eigenvalue weighted by atomic mass is 10.0. The molecule has 0 aliphatic heterocycles. The van der Waals surface area contributed by atoms with Crippen LogP contribution in [-0.4, -0.2) is 17.4 Å². The summed E-state index contributed by atoms with van der Waals surface area (Å²) < 4.78 is 0. The van der Waals surface area contributed by atoms with Gasteiger partial charge in [-0.3, -0.25) is 9.78 Å². The number of halogens is 1. The van der Waals surface area contributed by atoms with Crippen LogP contribution in [0.4, 0.5) is 0 Å². The van der Waals surface area contributed by atoms with Crippen LogP contribution in [0.5, 0.6) is 0 Å². The summed E-state index contributed by atoms with van der Waals surface area (Å²) in [5.74, 6) is -0.130. The van der Waals surface area contributed by atoms with E-state index in [-0.39, 0.29) is 5.91 Å². The number of hydrogen-bond donors (Lipinski definition) is 1. The van der Waals surface area contributed by atoms with E-state index in [0.717, 1.165) is 6.54 Å². The minimum Gasteiger partial charge on any atom is -0.350 e. The summed E-state index contributed by atoms with van der Waals surface area (Å²) in [6.45, 7) is 2.94. The summed E-state index contributed by atoms with van der Waals surface area (Å²) in [5, 5.41) is 3.50. The molecule has 0 atom stereocenters. The highest BCUT2D eigenvalue weighted by atomic mass is 35.5. The molecule has 0 unspecified atom stereocenters. The molecule has 1 saturated carbocycles. The fourth-order valence-electron chi connectivity index (χ4n) is 2.11. The van der Waals surface area contributed by atoms with Gasteiger partial charge in [0.15, 0.2) is 0 Å². The van der Waals surface area contributed by atoms with Crippen molar-refractivity contribution in [1.29, 1.82) is 0 Å². The third-order valence-corrected chi connectivity index (χ3v) is 3.55. The molecule has 0 spiro atoms. The molecule has 1 fully saturated rings. The normalized spacial score (nSPS) is 16.6. The van der Waals surface area contributed by atoms with Crippen LogP contribution in [0.3, 0.4) is 0 Å². The zero-order valence-electron chi connectivity index (χ0n) is 10.0. The number of carbonyl (C=O) groups excluding carboxylic acids is 1. The molecule has 1 aromatic rings. The zero-order chi connectivity index (χ0) is 12.3. The van der Waals surface area contributed by atoms with Crippen molar-refractivity contribution < 1.29 is 4.79 Å². The molecular formula is C13H17ClN2O. The molecule has 17 heavy (non-hydrogen) atoms. The Morgan fingerprint density at radius 1 is 1.59 bits per heavy atom. The lowest BCUT2D eigenvalue weighted by molar-refractivity contribution is 0.0939. The van der Waals surface area contributed by atoms with Gasteiger partial charge in [0.2, 0.25) is 0 Å². The molecule has 1 aliphatic carbocycles. The highest BCUT2D eigenvalue weighted by molar-refractivity contribution is 6.30. The number of hydrogen-bond acceptors (Lipinski definition) is 2. The maximum absolute atomic E-state index is 11.8. The van der Waals surface area contributed by atoms with Crippen LogP contribution in [0.2, 0.25) is 5.02 Å². The van der Waals surface area contributed by atoms with Gasteiger partial charge in [-0.25, -0.2) is 0 Å². The van der Waals surface area contributed by atoms with Crippen molar-refractivity contribution in [3.8, 4) is 0 Å². The second-order valence-corrected chi connectivity index (χ2v) is 5.23. The van der Waals surface area contributed by atoms with Gasteiger partial charge in [-0.15, -0.1) is 0 Å². The van der Waals surface area contributed by atoms with Crippen LogP contribution in [0.1, 0.15) is 43.1 Å². The topological polar surface area (TPSA) is 42.0 Å². The molecule has 1 aromatic heterocycles. The first kappa shape index (κ1) is 12.4. The van der Waals surface area contributed by atoms with Crippen LogP contribution in [0.25, 0.3) is 0 Å². The van der Waals surface area contributed by atoms with Crippen molar-refractivity contribution in [1.82, 2.24) is 10.3 Å². The Labute approximate surface area is 107 Å². The lowest BCUT2D eigenvalue weighted by Gasteiger charge is -2.14. The number of nitrogens with one attached hydrogen (secondary N) is 1. The Kier molecular flexibility index (Phi) is 3.67. The second-order valence-electron chi connectivity index (χ2n) is 4.79. The molecule has 1 amide bonds. The van der Waals surface area contributed by atoms with Crippen LogP contribution >= 0.6 is 11.6 Å². The van der Waals surface area contributed by atoms with Crippen LogP contribution in [-0.2, 0) is 0 Å². The molecule has 3 nitrogen and oxygen atoms in total. The largest absolute Gasteiger partial charge is 0.350 e. The van der Waals surface area contributed by atoms with E-state index >= 15 is 0 Å². The summed E-state index contributed by atoms with van der Waals surface area (Å²) in [4.78, 5) is 15.9. The van der Waals surface area contributed by atoms with Gasteiger partial charge in [-0.05, 0) is 36.8 Å². The van der Waals surface area contributed by atoms with Crippen molar-refractivity contribution in [3.05, 3.63) is 29.0 Å². The van der Waals surface area contributed by atoms with E-state index in [1.54, 1.807) is 18.3 Å². The Bertz CT molecular complexity index is 416. The predicted molar refractivity (Wildman–Crippen MR) is 68.2 cm³/mol. The number of carbonyl (C=O) groups is 1. The van der Waals surface area contributed by atoms with Crippen LogP contribution in [0.15, 0.2) is 18.3 Å². The van der Waals surface area contributed by atoms with Gasteiger partial charge in [0, 0.05) is 17.8 Å². The summed E-state index contributed by atoms with van der Waals surface area (Å²) in [5.41, 5.74) is 0.757. The Morgan fingerprint density at radius 2 is 2.35 bits per heavy atom. The van der Waals surface area contributed by atoms with Gasteiger partial charge in [-0.2, -0.15) is 0 Å². The molecule has 2 rings (SSSR count). The SMILES string of the molecule is CCCC1(CNC(=O)c2cc(Cl)ccn2)CC1. The van der Waals surface area contributed by atoms with Crippen molar-refractivity contribution in [2.24, 2.45) is 5.41 Å². The molecule has 0 aromatic carbocycles. The molecule has 0 radical (unpaired) electrons. The molecule has 0 bridgehead atoms. The molecule has 4 heteroatoms. The zero-order valence-corrected chi connectivity index (χ0v) is 10.8. The monoisotopic (exact) mass is 252 g/mol. The van der Waals surface area contributed by atoms with Crippen LogP contribution in [0, 0.1) is 5.41 Å². The van der Waals surface area contributed by atoms with Crippen molar-refractivity contribution in [2.45, 2.75) is 32.6 Å². The maximum atomic E-state index is 11.8. The molecule has 1 aliphatic rings. The Balaban J connectivity index is 1.90. The van der Waals surface area contributed by atoms with Gasteiger partial charge in [-0.1, -0.05) is 24.9 Å². The summed E-state index contributed by atoms with van der Waals surface area (Å²) in [6.07, 6.45) is 6.37. The average molecular weight is 253 g/mol. The second kappa shape index (κ2) is 5.05. The van der Waals surface area contributed by atoms with E-state index in [9.17, 15) is 4.79 Å². The van der Waals surface area contributed by atoms with Gasteiger partial charge < -0.3 is 5.32 Å². The third kappa shape index (κ3) is 3.19. The number of aromatic nitrogens is 1. The summed E-state index contributed by atoms with van der Waals surface area (Å²) in [6, 6.07) is 3.26. The number of rotatable bonds is 5. The first-order chi connectivity index (χ1) is 8.15. The van der Waals surface area contributed by atoms with Crippen molar-refractivity contribution in [2.75, 3.05) is 6.54 Å². The van der Waals surface area contributed by atoms with E-state index in [4.69, 9.17) is 11.6 Å². The Morgan fingerprint density at radius 3 is 2.94 bits per heavy atom. The minimum absolute atomic E-state index is 0.130. The van der Waals surface area contributed by atoms with Crippen molar-refractivity contribution >= 4 is 17.5 Å². The van der Waals surface area contributed by atoms with Crippen LogP contribution < -0.4 is 5.32 Å². The smallest absolute Gasteiger partial charge is 0.269 e. The van der Waals surface area contributed by atoms with Gasteiger partial charge in [0.05, 0.1) is 0 Å². The summed E-state index contributed by atoms with van der Waals surface area (Å²) in [7, 11) is 0. The molecule has 1 N–H and O–H groups in total. The van der Waals surface area contributed by atoms with E-state index in [1.165, 1.54) is 25.7 Å². The standard InChI is InChI=1S/C13H17ClN2O/c1-2-4-13(5-6-13)9-16-12(17)11-8-10(14)3-7-15-11/h3,7-8H,2,4-6,9H2,1H3,(H,16,17). The summed E-state index contributed by atoms with van der Waals surface area (Å²) >= 11 is 5.82. The average Bonchev–Trinajstić information content (AvgIpc) is 3.07. The van der Waals surface area contributed by atoms with E-state index in [1.807, 2.05) is 0 Å². The van der Waals surface area contributed by atoms with Gasteiger partial charge in [0.1, 0.15) is 5.69 Å². The van der Waals surface area contributed by atoms with E-state index in [2.05, 4.69) is 17.2 Å². The molecule has 92 valence electrons. The highest BCUT2D eigenvalue weighted by Crippen LogP contribution is 2.48. The fourth-order valence-corrected chi connectivity index (χ4v) is 2.27. The van der Waals surface area contributed by atoms with Crippen molar-refractivity contribution in [3.63, 3.8) is 0 Å². The fraction of sp³-hybridized carbons (Fsp3) is 0.538. The number of nitrogens with zero attached hydrogens (tertiary/aromatic N) is 1. The molecule has 0 saturated heterocycles. The van der Waals surface area contributed by atoms with Gasteiger partial charge in [0.25, 0.3) is 5.91 Å². The minimum atomic E-state index is -0.130. The van der Waals surface area contributed by atoms with Gasteiger partial charge >= 0.3 is 0 Å². The first-order valence-electron chi connectivity index (χ1n) is 6.05. The first-order valence-corrected chi connectivity index (χ1v) is 6.43. The third-order valence-electron chi connectivity index (χ3n) is 3.32. The molecular weight excluding hydrogens is 236 g/mol. The quantitative estimate of drug-likeness (QED) is 0.875. The maximum Gasteiger partial charge on any atom is 0.269 e. The van der Waals surface area contributed by atoms with E-state index in [0.29, 0.717) is 16.1 Å². The lowest BCUT2D eigenvalue weighted by Crippen LogP contribution is -2.30. The number of pyridine rings is 1. The highest BCUT2D eigenvalue weighted by Gasteiger charge is 2.41.